The molecule has 2 atom stereocenters. The Morgan fingerprint density at radius 1 is 1.00 bits per heavy atom. The third-order valence-corrected chi connectivity index (χ3v) is 7.20. The second-order valence-electron chi connectivity index (χ2n) is 9.39. The third kappa shape index (κ3) is 3.94. The molecule has 0 heterocycles. The molecule has 2 unspecified atom stereocenters. The van der Waals surface area contributed by atoms with Crippen molar-refractivity contribution < 1.29 is 19.0 Å². The van der Waals surface area contributed by atoms with Gasteiger partial charge in [0, 0.05) is 12.0 Å². The lowest BCUT2D eigenvalue weighted by atomic mass is 9.49. The van der Waals surface area contributed by atoms with E-state index in [4.69, 9.17) is 14.2 Å². The molecule has 0 radical (unpaired) electrons. The molecule has 0 aromatic heterocycles. The fourth-order valence-corrected chi connectivity index (χ4v) is 6.05. The van der Waals surface area contributed by atoms with Gasteiger partial charge in [0.25, 0.3) is 0 Å². The van der Waals surface area contributed by atoms with Gasteiger partial charge in [-0.05, 0) is 93.9 Å². The van der Waals surface area contributed by atoms with Crippen LogP contribution in [0.3, 0.4) is 0 Å². The highest BCUT2D eigenvalue weighted by atomic mass is 16.7. The Labute approximate surface area is 168 Å². The van der Waals surface area contributed by atoms with Gasteiger partial charge in [-0.2, -0.15) is 0 Å². The molecule has 4 heteroatoms. The summed E-state index contributed by atoms with van der Waals surface area (Å²) >= 11 is 0. The molecule has 0 amide bonds. The highest BCUT2D eigenvalue weighted by Crippen LogP contribution is 2.61. The number of hydrogen-bond donors (Lipinski definition) is 0. The van der Waals surface area contributed by atoms with E-state index in [-0.39, 0.29) is 23.6 Å². The van der Waals surface area contributed by atoms with Gasteiger partial charge in [0.1, 0.15) is 11.5 Å². The topological polar surface area (TPSA) is 44.8 Å². The Morgan fingerprint density at radius 2 is 1.54 bits per heavy atom. The van der Waals surface area contributed by atoms with Gasteiger partial charge in [0.15, 0.2) is 0 Å². The van der Waals surface area contributed by atoms with Crippen molar-refractivity contribution in [2.45, 2.75) is 72.0 Å². The van der Waals surface area contributed by atoms with Crippen molar-refractivity contribution in [3.8, 4) is 11.5 Å². The van der Waals surface area contributed by atoms with Gasteiger partial charge in [-0.3, -0.25) is 4.79 Å². The van der Waals surface area contributed by atoms with E-state index in [0.29, 0.717) is 12.4 Å². The minimum atomic E-state index is -0.183. The molecule has 0 saturated heterocycles. The highest BCUT2D eigenvalue weighted by Gasteiger charge is 2.55. The smallest absolute Gasteiger partial charge is 0.314 e. The zero-order valence-electron chi connectivity index (χ0n) is 17.5. The van der Waals surface area contributed by atoms with E-state index in [0.717, 1.165) is 29.9 Å². The molecule has 4 fully saturated rings. The summed E-state index contributed by atoms with van der Waals surface area (Å²) in [5.74, 6) is 3.67. The Morgan fingerprint density at radius 3 is 2.04 bits per heavy atom. The van der Waals surface area contributed by atoms with Crippen LogP contribution in [0.1, 0.15) is 65.7 Å². The summed E-state index contributed by atoms with van der Waals surface area (Å²) in [4.78, 5) is 12.0. The lowest BCUT2D eigenvalue weighted by Crippen LogP contribution is -2.54. The van der Waals surface area contributed by atoms with E-state index in [1.54, 1.807) is 0 Å². The normalized spacial score (nSPS) is 32.8. The Hall–Kier alpha value is -1.55. The number of benzene rings is 1. The van der Waals surface area contributed by atoms with Crippen LogP contribution in [0.25, 0.3) is 0 Å². The Balaban J connectivity index is 1.44. The first-order chi connectivity index (χ1) is 13.5. The van der Waals surface area contributed by atoms with Crippen LogP contribution in [-0.4, -0.2) is 18.9 Å². The highest BCUT2D eigenvalue weighted by molar-refractivity contribution is 5.74. The summed E-state index contributed by atoms with van der Waals surface area (Å²) < 4.78 is 18.0. The van der Waals surface area contributed by atoms with Gasteiger partial charge in [0.05, 0.1) is 5.92 Å². The Bertz CT molecular complexity index is 645. The van der Waals surface area contributed by atoms with Crippen LogP contribution in [0, 0.1) is 29.1 Å². The average molecular weight is 387 g/mol. The number of rotatable bonds is 8. The van der Waals surface area contributed by atoms with E-state index in [9.17, 15) is 4.79 Å². The van der Waals surface area contributed by atoms with Crippen molar-refractivity contribution in [2.24, 2.45) is 29.1 Å². The predicted octanol–water partition coefficient (Wildman–Crippen LogP) is 5.60. The van der Waals surface area contributed by atoms with Crippen LogP contribution in [-0.2, 0) is 9.53 Å². The van der Waals surface area contributed by atoms with Crippen molar-refractivity contribution in [3.05, 3.63) is 24.3 Å². The summed E-state index contributed by atoms with van der Waals surface area (Å²) in [7, 11) is 0. The molecule has 1 aromatic rings. The standard InChI is InChI=1S/C24H34O4/c1-4-16(3)22(25)27-20-6-8-21(9-7-20)28-23(26-5-2)24-13-17-10-18(14-24)12-19(11-17)15-24/h6-9,16-19,23H,4-5,10-15H2,1-3H3. The molecule has 5 rings (SSSR count). The first-order valence-electron chi connectivity index (χ1n) is 11.1. The largest absolute Gasteiger partial charge is 0.464 e. The van der Waals surface area contributed by atoms with Crippen LogP contribution in [0.4, 0.5) is 0 Å². The van der Waals surface area contributed by atoms with Gasteiger partial charge >= 0.3 is 5.97 Å². The van der Waals surface area contributed by atoms with Gasteiger partial charge in [-0.1, -0.05) is 13.8 Å². The number of hydrogen-bond acceptors (Lipinski definition) is 4. The minimum Gasteiger partial charge on any atom is -0.464 e. The molecule has 4 bridgehead atoms. The minimum absolute atomic E-state index is 0.0886. The second-order valence-corrected chi connectivity index (χ2v) is 9.39. The number of carbonyl (C=O) groups is 1. The van der Waals surface area contributed by atoms with Crippen molar-refractivity contribution in [1.82, 2.24) is 0 Å². The molecule has 0 spiro atoms. The van der Waals surface area contributed by atoms with Crippen LogP contribution in [0.5, 0.6) is 11.5 Å². The van der Waals surface area contributed by atoms with Crippen LogP contribution < -0.4 is 9.47 Å². The summed E-state index contributed by atoms with van der Waals surface area (Å²) in [5.41, 5.74) is 0.173. The molecule has 154 valence electrons. The summed E-state index contributed by atoms with van der Waals surface area (Å²) in [6.07, 6.45) is 8.56. The molecular weight excluding hydrogens is 352 g/mol. The summed E-state index contributed by atoms with van der Waals surface area (Å²) in [6.45, 7) is 6.59. The molecular formula is C24H34O4. The van der Waals surface area contributed by atoms with Crippen molar-refractivity contribution in [3.63, 3.8) is 0 Å². The predicted molar refractivity (Wildman–Crippen MR) is 108 cm³/mol. The van der Waals surface area contributed by atoms with Crippen LogP contribution >= 0.6 is 0 Å². The lowest BCUT2D eigenvalue weighted by Gasteiger charge is -2.58. The van der Waals surface area contributed by atoms with Crippen LogP contribution in [0.2, 0.25) is 0 Å². The van der Waals surface area contributed by atoms with E-state index < -0.39 is 0 Å². The molecule has 1 aromatic carbocycles. The van der Waals surface area contributed by atoms with E-state index >= 15 is 0 Å². The molecule has 4 aliphatic rings. The van der Waals surface area contributed by atoms with Gasteiger partial charge < -0.3 is 14.2 Å². The molecule has 4 aliphatic carbocycles. The fraction of sp³-hybridized carbons (Fsp3) is 0.708. The molecule has 28 heavy (non-hydrogen) atoms. The average Bonchev–Trinajstić information content (AvgIpc) is 2.67. The van der Waals surface area contributed by atoms with Gasteiger partial charge in [-0.25, -0.2) is 0 Å². The first kappa shape index (κ1) is 19.8. The maximum Gasteiger partial charge on any atom is 0.314 e. The monoisotopic (exact) mass is 386 g/mol. The first-order valence-corrected chi connectivity index (χ1v) is 11.1. The number of ether oxygens (including phenoxy) is 3. The van der Waals surface area contributed by atoms with E-state index in [1.807, 2.05) is 45.0 Å². The summed E-state index contributed by atoms with van der Waals surface area (Å²) in [6, 6.07) is 7.42. The lowest BCUT2D eigenvalue weighted by molar-refractivity contribution is -0.213. The SMILES string of the molecule is CCOC(Oc1ccc(OC(=O)C(C)CC)cc1)C12CC3CC(CC(C3)C1)C2. The maximum atomic E-state index is 12.0. The summed E-state index contributed by atoms with van der Waals surface area (Å²) in [5, 5.41) is 0. The number of carbonyl (C=O) groups excluding carboxylic acids is 1. The molecule has 4 saturated carbocycles. The number of esters is 1. The maximum absolute atomic E-state index is 12.0. The van der Waals surface area contributed by atoms with Gasteiger partial charge in [0.2, 0.25) is 6.29 Å². The van der Waals surface area contributed by atoms with Crippen LogP contribution in [0.15, 0.2) is 24.3 Å². The molecule has 4 nitrogen and oxygen atoms in total. The quantitative estimate of drug-likeness (QED) is 0.332. The zero-order valence-corrected chi connectivity index (χ0v) is 17.5. The molecule has 0 aliphatic heterocycles. The van der Waals surface area contributed by atoms with E-state index in [2.05, 4.69) is 0 Å². The van der Waals surface area contributed by atoms with Gasteiger partial charge in [-0.15, -0.1) is 0 Å². The van der Waals surface area contributed by atoms with E-state index in [1.165, 1.54) is 38.5 Å². The fourth-order valence-electron chi connectivity index (χ4n) is 6.05. The molecule has 0 N–H and O–H groups in total. The second kappa shape index (κ2) is 8.06. The van der Waals surface area contributed by atoms with Crippen molar-refractivity contribution in [2.75, 3.05) is 6.61 Å². The zero-order chi connectivity index (χ0) is 19.7. The van der Waals surface area contributed by atoms with Crippen molar-refractivity contribution in [1.29, 1.82) is 0 Å². The third-order valence-electron chi connectivity index (χ3n) is 7.20. The Kier molecular flexibility index (Phi) is 5.69. The van der Waals surface area contributed by atoms with Crippen molar-refractivity contribution >= 4 is 5.97 Å².